The van der Waals surface area contributed by atoms with E-state index in [1.165, 1.54) is 0 Å². The van der Waals surface area contributed by atoms with Crippen LogP contribution in [0.15, 0.2) is 52.6 Å². The third-order valence-electron chi connectivity index (χ3n) is 3.48. The Morgan fingerprint density at radius 1 is 1.14 bits per heavy atom. The lowest BCUT2D eigenvalue weighted by Crippen LogP contribution is -2.31. The molecule has 1 N–H and O–H groups in total. The van der Waals surface area contributed by atoms with Gasteiger partial charge in [-0.2, -0.15) is 0 Å². The molecule has 0 aliphatic carbocycles. The summed E-state index contributed by atoms with van der Waals surface area (Å²) in [4.78, 5) is 26.2. The molecule has 0 radical (unpaired) electrons. The highest BCUT2D eigenvalue weighted by Crippen LogP contribution is 2.32. The molecule has 6 nitrogen and oxygen atoms in total. The standard InChI is InChI=1S/C15H10N4O2/c20-15(21)11-8-19-12-6-3-7-16-13(12)17-10-5-2-1-4-9(10)14(19)18-11/h1-7H,8H2,(H,20,21). The number of anilines is 1. The highest BCUT2D eigenvalue weighted by Gasteiger charge is 2.29. The first-order valence-corrected chi connectivity index (χ1v) is 6.45. The maximum atomic E-state index is 11.2. The molecule has 1 aromatic carbocycles. The summed E-state index contributed by atoms with van der Waals surface area (Å²) >= 11 is 0. The molecule has 0 spiro atoms. The first-order valence-electron chi connectivity index (χ1n) is 6.45. The van der Waals surface area contributed by atoms with Gasteiger partial charge >= 0.3 is 5.97 Å². The molecule has 0 amide bonds. The molecule has 21 heavy (non-hydrogen) atoms. The minimum Gasteiger partial charge on any atom is -0.477 e. The van der Waals surface area contributed by atoms with Crippen molar-refractivity contribution in [3.8, 4) is 0 Å². The molecule has 0 bridgehead atoms. The molecule has 2 aliphatic heterocycles. The van der Waals surface area contributed by atoms with Crippen LogP contribution in [0.5, 0.6) is 0 Å². The van der Waals surface area contributed by atoms with E-state index in [-0.39, 0.29) is 12.3 Å². The number of carboxylic acid groups (broad SMARTS) is 1. The van der Waals surface area contributed by atoms with Crippen LogP contribution in [-0.2, 0) is 4.79 Å². The van der Waals surface area contributed by atoms with E-state index >= 15 is 0 Å². The zero-order chi connectivity index (χ0) is 14.4. The van der Waals surface area contributed by atoms with Crippen LogP contribution in [0.1, 0.15) is 0 Å². The highest BCUT2D eigenvalue weighted by atomic mass is 16.4. The van der Waals surface area contributed by atoms with Crippen LogP contribution in [0.4, 0.5) is 11.5 Å². The Morgan fingerprint density at radius 3 is 2.86 bits per heavy atom. The molecule has 0 saturated heterocycles. The van der Waals surface area contributed by atoms with Gasteiger partial charge in [0.1, 0.15) is 11.5 Å². The summed E-state index contributed by atoms with van der Waals surface area (Å²) in [5.74, 6) is 0.177. The molecule has 0 fully saturated rings. The maximum Gasteiger partial charge on any atom is 0.352 e. The third-order valence-corrected chi connectivity index (χ3v) is 3.48. The smallest absolute Gasteiger partial charge is 0.352 e. The molecule has 3 heterocycles. The normalized spacial score (nSPS) is 15.3. The monoisotopic (exact) mass is 278 g/mol. The zero-order valence-electron chi connectivity index (χ0n) is 10.9. The second-order valence-electron chi connectivity index (χ2n) is 4.75. The Morgan fingerprint density at radius 2 is 2.00 bits per heavy atom. The van der Waals surface area contributed by atoms with Crippen molar-refractivity contribution in [2.45, 2.75) is 0 Å². The van der Waals surface area contributed by atoms with Gasteiger partial charge in [-0.1, -0.05) is 12.1 Å². The van der Waals surface area contributed by atoms with Gasteiger partial charge in [0.25, 0.3) is 0 Å². The summed E-state index contributed by atoms with van der Waals surface area (Å²) in [7, 11) is 0. The van der Waals surface area contributed by atoms with Crippen molar-refractivity contribution >= 4 is 29.0 Å². The highest BCUT2D eigenvalue weighted by molar-refractivity contribution is 6.39. The third kappa shape index (κ3) is 1.73. The van der Waals surface area contributed by atoms with Crippen molar-refractivity contribution in [3.63, 3.8) is 0 Å². The van der Waals surface area contributed by atoms with E-state index in [2.05, 4.69) is 15.0 Å². The van der Waals surface area contributed by atoms with Gasteiger partial charge in [0.15, 0.2) is 5.82 Å². The summed E-state index contributed by atoms with van der Waals surface area (Å²) in [6, 6.07) is 11.2. The predicted molar refractivity (Wildman–Crippen MR) is 76.9 cm³/mol. The molecular formula is C15H10N4O2. The van der Waals surface area contributed by atoms with Crippen LogP contribution in [-0.4, -0.2) is 28.3 Å². The fourth-order valence-electron chi connectivity index (χ4n) is 2.53. The fourth-order valence-corrected chi connectivity index (χ4v) is 2.53. The molecule has 2 aromatic rings. The van der Waals surface area contributed by atoms with Crippen LogP contribution in [0.2, 0.25) is 0 Å². The number of rotatable bonds is 1. The van der Waals surface area contributed by atoms with Crippen molar-refractivity contribution in [2.75, 3.05) is 11.4 Å². The van der Waals surface area contributed by atoms with E-state index in [4.69, 9.17) is 0 Å². The maximum absolute atomic E-state index is 11.2. The van der Waals surface area contributed by atoms with Crippen LogP contribution in [0.3, 0.4) is 0 Å². The van der Waals surface area contributed by atoms with Gasteiger partial charge < -0.3 is 10.0 Å². The summed E-state index contributed by atoms with van der Waals surface area (Å²) in [5, 5.41) is 10.8. The van der Waals surface area contributed by atoms with Crippen LogP contribution in [0, 0.1) is 0 Å². The number of fused-ring (bicyclic) bond motifs is 4. The molecule has 1 aromatic heterocycles. The van der Waals surface area contributed by atoms with E-state index in [1.807, 2.05) is 35.2 Å². The van der Waals surface area contributed by atoms with E-state index < -0.39 is 5.97 Å². The number of aromatic nitrogens is 1. The Bertz CT molecular complexity index is 917. The number of pyridine rings is 1. The average Bonchev–Trinajstić information content (AvgIpc) is 2.89. The minimum atomic E-state index is -1.00. The van der Waals surface area contributed by atoms with Crippen LogP contribution >= 0.6 is 0 Å². The zero-order valence-corrected chi connectivity index (χ0v) is 10.9. The van der Waals surface area contributed by atoms with Crippen molar-refractivity contribution in [1.82, 2.24) is 4.98 Å². The van der Waals surface area contributed by atoms with Gasteiger partial charge in [-0.15, -0.1) is 0 Å². The summed E-state index contributed by atoms with van der Waals surface area (Å²) in [6.45, 7) is 0.215. The topological polar surface area (TPSA) is 78.1 Å². The number of aliphatic imine (C=N–C) groups is 1. The Hall–Kier alpha value is -3.02. The molecule has 0 atom stereocenters. The number of carbonyl (C=O) groups is 1. The average molecular weight is 278 g/mol. The first-order chi connectivity index (χ1) is 10.2. The quantitative estimate of drug-likeness (QED) is 0.822. The van der Waals surface area contributed by atoms with E-state index in [1.54, 1.807) is 12.3 Å². The number of nitrogens with zero attached hydrogens (tertiary/aromatic N) is 4. The van der Waals surface area contributed by atoms with E-state index in [9.17, 15) is 9.90 Å². The van der Waals surface area contributed by atoms with E-state index in [0.29, 0.717) is 11.6 Å². The molecule has 2 aliphatic rings. The Kier molecular flexibility index (Phi) is 2.38. The number of hydrogen-bond acceptors (Lipinski definition) is 5. The molecule has 4 rings (SSSR count). The van der Waals surface area contributed by atoms with Gasteiger partial charge in [-0.3, -0.25) is 0 Å². The van der Waals surface area contributed by atoms with Gasteiger partial charge in [-0.25, -0.2) is 19.8 Å². The number of benzene rings is 1. The number of carboxylic acids is 1. The van der Waals surface area contributed by atoms with Crippen LogP contribution < -0.4 is 15.5 Å². The first kappa shape index (κ1) is 11.8. The largest absolute Gasteiger partial charge is 0.477 e. The lowest BCUT2D eigenvalue weighted by molar-refractivity contribution is -0.129. The van der Waals surface area contributed by atoms with Crippen molar-refractivity contribution in [3.05, 3.63) is 53.2 Å². The van der Waals surface area contributed by atoms with Crippen molar-refractivity contribution in [1.29, 1.82) is 0 Å². The molecule has 6 heteroatoms. The lowest BCUT2D eigenvalue weighted by Gasteiger charge is -2.18. The SMILES string of the molecule is O=C(O)C1=NC2=c3ccccc3=Nc3ncccc3N2C1. The van der Waals surface area contributed by atoms with Gasteiger partial charge in [0.05, 0.1) is 17.6 Å². The number of para-hydroxylation sites is 1. The van der Waals surface area contributed by atoms with Crippen molar-refractivity contribution in [2.24, 2.45) is 9.98 Å². The van der Waals surface area contributed by atoms with Gasteiger partial charge in [-0.05, 0) is 24.3 Å². The van der Waals surface area contributed by atoms with Crippen LogP contribution in [0.25, 0.3) is 5.82 Å². The van der Waals surface area contributed by atoms with Gasteiger partial charge in [0.2, 0.25) is 0 Å². The number of aliphatic carboxylic acids is 1. The van der Waals surface area contributed by atoms with Crippen molar-refractivity contribution < 1.29 is 9.90 Å². The van der Waals surface area contributed by atoms with Gasteiger partial charge in [0, 0.05) is 11.4 Å². The lowest BCUT2D eigenvalue weighted by atomic mass is 10.2. The molecule has 0 unspecified atom stereocenters. The molecule has 102 valence electrons. The molecule has 0 saturated carbocycles. The summed E-state index contributed by atoms with van der Waals surface area (Å²) in [5.41, 5.74) is 0.889. The summed E-state index contributed by atoms with van der Waals surface area (Å²) in [6.07, 6.45) is 1.67. The van der Waals surface area contributed by atoms with E-state index in [0.717, 1.165) is 16.3 Å². The predicted octanol–water partition coefficient (Wildman–Crippen LogP) is 0.458. The second kappa shape index (κ2) is 4.24. The fraction of sp³-hybridized carbons (Fsp3) is 0.0667. The summed E-state index contributed by atoms with van der Waals surface area (Å²) < 4.78 is 0. The second-order valence-corrected chi connectivity index (χ2v) is 4.75. The minimum absolute atomic E-state index is 0.122. The number of hydrogen-bond donors (Lipinski definition) is 1. The molecular weight excluding hydrogens is 268 g/mol. The Labute approximate surface area is 119 Å². The Balaban J connectivity index is 2.11.